The van der Waals surface area contributed by atoms with Gasteiger partial charge in [0, 0.05) is 18.8 Å². The highest BCUT2D eigenvalue weighted by atomic mass is 32.2. The van der Waals surface area contributed by atoms with Crippen LogP contribution in [0.25, 0.3) is 0 Å². The normalized spacial score (nSPS) is 14.5. The van der Waals surface area contributed by atoms with Crippen molar-refractivity contribution in [3.63, 3.8) is 0 Å². The molecule has 170 valence electrons. The molecule has 0 bridgehead atoms. The van der Waals surface area contributed by atoms with Crippen molar-refractivity contribution in [2.24, 2.45) is 0 Å². The molecule has 1 aliphatic heterocycles. The second-order valence-electron chi connectivity index (χ2n) is 7.41. The Hall–Kier alpha value is -2.95. The Bertz CT molecular complexity index is 1050. The molecule has 3 aromatic rings. The Labute approximate surface area is 187 Å². The minimum absolute atomic E-state index is 0.0213. The monoisotopic (exact) mass is 465 g/mol. The number of thioether (sulfide) groups is 1. The van der Waals surface area contributed by atoms with Gasteiger partial charge in [0.1, 0.15) is 5.76 Å². The van der Waals surface area contributed by atoms with Crippen molar-refractivity contribution in [1.29, 1.82) is 0 Å². The molecular formula is C21H22F3N5O2S. The summed E-state index contributed by atoms with van der Waals surface area (Å²) in [5.74, 6) is 1.01. The van der Waals surface area contributed by atoms with Crippen LogP contribution in [-0.2, 0) is 17.5 Å². The van der Waals surface area contributed by atoms with Crippen LogP contribution in [-0.4, -0.2) is 39.5 Å². The number of nitrogens with zero attached hydrogens (tertiary/aromatic N) is 4. The molecule has 3 heterocycles. The van der Waals surface area contributed by atoms with Gasteiger partial charge in [0.05, 0.1) is 24.1 Å². The van der Waals surface area contributed by atoms with Gasteiger partial charge >= 0.3 is 6.18 Å². The number of piperidine rings is 1. The molecule has 1 fully saturated rings. The predicted octanol–water partition coefficient (Wildman–Crippen LogP) is 4.66. The summed E-state index contributed by atoms with van der Waals surface area (Å²) in [4.78, 5) is 14.6. The molecular weight excluding hydrogens is 443 g/mol. The lowest BCUT2D eigenvalue weighted by molar-refractivity contribution is -0.137. The fraction of sp³-hybridized carbons (Fsp3) is 0.381. The van der Waals surface area contributed by atoms with Gasteiger partial charge in [0.15, 0.2) is 5.16 Å². The maximum absolute atomic E-state index is 12.9. The molecule has 1 aromatic carbocycles. The fourth-order valence-corrected chi connectivity index (χ4v) is 4.25. The largest absolute Gasteiger partial charge is 0.467 e. The van der Waals surface area contributed by atoms with Gasteiger partial charge in [-0.15, -0.1) is 10.2 Å². The van der Waals surface area contributed by atoms with Gasteiger partial charge < -0.3 is 14.6 Å². The average Bonchev–Trinajstić information content (AvgIpc) is 3.43. The van der Waals surface area contributed by atoms with Gasteiger partial charge in [-0.3, -0.25) is 9.36 Å². The van der Waals surface area contributed by atoms with E-state index < -0.39 is 17.6 Å². The third-order valence-electron chi connectivity index (χ3n) is 5.04. The summed E-state index contributed by atoms with van der Waals surface area (Å²) in [5, 5.41) is 11.7. The number of hydrogen-bond acceptors (Lipinski definition) is 6. The standard InChI is InChI=1S/C21H22F3N5O2S/c22-21(23,24)15-6-4-7-16(12-15)25-18(30)14-32-20-27-26-19(28-9-2-1-3-10-28)29(20)13-17-8-5-11-31-17/h4-8,11-12H,1-3,9-10,13-14H2,(H,25,30). The van der Waals surface area contributed by atoms with Gasteiger partial charge in [-0.2, -0.15) is 13.2 Å². The molecule has 0 aliphatic carbocycles. The summed E-state index contributed by atoms with van der Waals surface area (Å²) in [6.45, 7) is 2.19. The van der Waals surface area contributed by atoms with Crippen molar-refractivity contribution < 1.29 is 22.4 Å². The third-order valence-corrected chi connectivity index (χ3v) is 6.00. The van der Waals surface area contributed by atoms with Crippen LogP contribution in [0.15, 0.2) is 52.2 Å². The minimum atomic E-state index is -4.47. The first-order valence-electron chi connectivity index (χ1n) is 10.2. The fourth-order valence-electron chi connectivity index (χ4n) is 3.51. The van der Waals surface area contributed by atoms with E-state index in [1.807, 2.05) is 10.6 Å². The van der Waals surface area contributed by atoms with Gasteiger partial charge in [-0.1, -0.05) is 17.8 Å². The van der Waals surface area contributed by atoms with Crippen LogP contribution in [0.3, 0.4) is 0 Å². The molecule has 2 aromatic heterocycles. The highest BCUT2D eigenvalue weighted by molar-refractivity contribution is 7.99. The smallest absolute Gasteiger partial charge is 0.416 e. The Balaban J connectivity index is 1.45. The zero-order valence-corrected chi connectivity index (χ0v) is 18.0. The Kier molecular flexibility index (Phi) is 6.73. The predicted molar refractivity (Wildman–Crippen MR) is 115 cm³/mol. The van der Waals surface area contributed by atoms with Crippen LogP contribution >= 0.6 is 11.8 Å². The first-order valence-corrected chi connectivity index (χ1v) is 11.2. The molecule has 4 rings (SSSR count). The van der Waals surface area contributed by atoms with Crippen LogP contribution in [0.5, 0.6) is 0 Å². The number of alkyl halides is 3. The number of hydrogen-bond donors (Lipinski definition) is 1. The van der Waals surface area contributed by atoms with Crippen molar-refractivity contribution in [2.75, 3.05) is 29.1 Å². The second kappa shape index (κ2) is 9.68. The molecule has 32 heavy (non-hydrogen) atoms. The Morgan fingerprint density at radius 3 is 2.66 bits per heavy atom. The van der Waals surface area contributed by atoms with Crippen molar-refractivity contribution >= 4 is 29.3 Å². The lowest BCUT2D eigenvalue weighted by Gasteiger charge is -2.27. The highest BCUT2D eigenvalue weighted by Gasteiger charge is 2.30. The van der Waals surface area contributed by atoms with Crippen LogP contribution in [0.1, 0.15) is 30.6 Å². The summed E-state index contributed by atoms with van der Waals surface area (Å²) in [7, 11) is 0. The minimum Gasteiger partial charge on any atom is -0.467 e. The molecule has 0 radical (unpaired) electrons. The molecule has 0 atom stereocenters. The summed E-state index contributed by atoms with van der Waals surface area (Å²) in [6.07, 6.45) is 0.462. The summed E-state index contributed by atoms with van der Waals surface area (Å²) >= 11 is 1.18. The van der Waals surface area contributed by atoms with Crippen LogP contribution < -0.4 is 10.2 Å². The van der Waals surface area contributed by atoms with E-state index in [1.54, 1.807) is 12.3 Å². The van der Waals surface area contributed by atoms with E-state index in [4.69, 9.17) is 4.42 Å². The van der Waals surface area contributed by atoms with Crippen molar-refractivity contribution in [2.45, 2.75) is 37.1 Å². The number of carbonyl (C=O) groups excluding carboxylic acids is 1. The molecule has 11 heteroatoms. The molecule has 0 unspecified atom stereocenters. The molecule has 0 saturated carbocycles. The van der Waals surface area contributed by atoms with Crippen LogP contribution in [0, 0.1) is 0 Å². The van der Waals surface area contributed by atoms with Gasteiger partial charge in [-0.05, 0) is 49.6 Å². The number of rotatable bonds is 7. The van der Waals surface area contributed by atoms with E-state index in [0.29, 0.717) is 11.7 Å². The summed E-state index contributed by atoms with van der Waals surface area (Å²) in [5.41, 5.74) is -0.719. The number of aromatic nitrogens is 3. The van der Waals surface area contributed by atoms with E-state index in [0.717, 1.165) is 49.8 Å². The Morgan fingerprint density at radius 1 is 1.12 bits per heavy atom. The zero-order valence-electron chi connectivity index (χ0n) is 17.1. The highest BCUT2D eigenvalue weighted by Crippen LogP contribution is 2.31. The lowest BCUT2D eigenvalue weighted by atomic mass is 10.1. The number of nitrogens with one attached hydrogen (secondary N) is 1. The molecule has 1 N–H and O–H groups in total. The van der Waals surface area contributed by atoms with Gasteiger partial charge in [-0.25, -0.2) is 0 Å². The van der Waals surface area contributed by atoms with E-state index in [9.17, 15) is 18.0 Å². The molecule has 0 spiro atoms. The lowest BCUT2D eigenvalue weighted by Crippen LogP contribution is -2.32. The van der Waals surface area contributed by atoms with E-state index >= 15 is 0 Å². The molecule has 1 saturated heterocycles. The summed E-state index contributed by atoms with van der Waals surface area (Å²) in [6, 6.07) is 8.21. The zero-order chi connectivity index (χ0) is 22.6. The number of halogens is 3. The Morgan fingerprint density at radius 2 is 1.94 bits per heavy atom. The second-order valence-corrected chi connectivity index (χ2v) is 8.35. The maximum Gasteiger partial charge on any atom is 0.416 e. The number of carbonyl (C=O) groups is 1. The summed E-state index contributed by atoms with van der Waals surface area (Å²) < 4.78 is 46.0. The maximum atomic E-state index is 12.9. The number of benzene rings is 1. The van der Waals surface area contributed by atoms with Crippen molar-refractivity contribution in [3.8, 4) is 0 Å². The quantitative estimate of drug-likeness (QED) is 0.512. The van der Waals surface area contributed by atoms with Crippen molar-refractivity contribution in [1.82, 2.24) is 14.8 Å². The van der Waals surface area contributed by atoms with Crippen LogP contribution in [0.2, 0.25) is 0 Å². The average molecular weight is 466 g/mol. The number of amides is 1. The van der Waals surface area contributed by atoms with Crippen molar-refractivity contribution in [3.05, 3.63) is 54.0 Å². The first kappa shape index (κ1) is 22.3. The number of furan rings is 1. The molecule has 1 amide bonds. The topological polar surface area (TPSA) is 76.2 Å². The molecule has 1 aliphatic rings. The van der Waals surface area contributed by atoms with E-state index in [1.165, 1.54) is 30.3 Å². The first-order chi connectivity index (χ1) is 15.4. The number of anilines is 2. The van der Waals surface area contributed by atoms with Gasteiger partial charge in [0.25, 0.3) is 0 Å². The van der Waals surface area contributed by atoms with Gasteiger partial charge in [0.2, 0.25) is 11.9 Å². The molecule has 7 nitrogen and oxygen atoms in total. The van der Waals surface area contributed by atoms with E-state index in [-0.39, 0.29) is 11.4 Å². The third kappa shape index (κ3) is 5.45. The van der Waals surface area contributed by atoms with Crippen LogP contribution in [0.4, 0.5) is 24.8 Å². The SMILES string of the molecule is O=C(CSc1nnc(N2CCCCC2)n1Cc1ccco1)Nc1cccc(C(F)(F)F)c1. The van der Waals surface area contributed by atoms with E-state index in [2.05, 4.69) is 20.4 Å².